The third-order valence-electron chi connectivity index (χ3n) is 2.59. The fourth-order valence-corrected chi connectivity index (χ4v) is 1.79. The SMILES string of the molecule is CCC(N)=C(CC)N1CCNCC1. The Bertz CT molecular complexity index is 181. The molecule has 0 aromatic carbocycles. The standard InChI is InChI=1S/C10H21N3/c1-3-9(11)10(4-2)13-7-5-12-6-8-13/h12H,3-8,11H2,1-2H3. The number of piperazine rings is 1. The van der Waals surface area contributed by atoms with Gasteiger partial charge in [-0.3, -0.25) is 0 Å². The highest BCUT2D eigenvalue weighted by molar-refractivity contribution is 5.10. The molecule has 3 N–H and O–H groups in total. The van der Waals surface area contributed by atoms with Crippen LogP contribution in [0.4, 0.5) is 0 Å². The predicted molar refractivity (Wildman–Crippen MR) is 56.2 cm³/mol. The molecular formula is C10H21N3. The molecule has 0 amide bonds. The van der Waals surface area contributed by atoms with E-state index in [1.54, 1.807) is 0 Å². The van der Waals surface area contributed by atoms with Crippen LogP contribution in [-0.4, -0.2) is 31.1 Å². The van der Waals surface area contributed by atoms with Gasteiger partial charge in [0.05, 0.1) is 0 Å². The van der Waals surface area contributed by atoms with Crippen LogP contribution in [0, 0.1) is 0 Å². The Labute approximate surface area is 81.0 Å². The van der Waals surface area contributed by atoms with E-state index in [1.165, 1.54) is 5.70 Å². The van der Waals surface area contributed by atoms with E-state index in [1.807, 2.05) is 0 Å². The van der Waals surface area contributed by atoms with Crippen LogP contribution in [0.3, 0.4) is 0 Å². The number of nitrogens with two attached hydrogens (primary N) is 1. The highest BCUT2D eigenvalue weighted by Gasteiger charge is 2.13. The minimum absolute atomic E-state index is 0.965. The number of allylic oxidation sites excluding steroid dienone is 2. The van der Waals surface area contributed by atoms with Gasteiger partial charge in [-0.25, -0.2) is 0 Å². The summed E-state index contributed by atoms with van der Waals surface area (Å²) in [6.45, 7) is 8.67. The van der Waals surface area contributed by atoms with Crippen molar-refractivity contribution in [1.82, 2.24) is 10.2 Å². The smallest absolute Gasteiger partial charge is 0.0321 e. The molecule has 1 aliphatic heterocycles. The molecule has 1 fully saturated rings. The van der Waals surface area contributed by atoms with Crippen molar-refractivity contribution in [3.05, 3.63) is 11.4 Å². The van der Waals surface area contributed by atoms with Gasteiger partial charge in [0.1, 0.15) is 0 Å². The summed E-state index contributed by atoms with van der Waals surface area (Å²) < 4.78 is 0. The van der Waals surface area contributed by atoms with Crippen LogP contribution in [0.25, 0.3) is 0 Å². The number of rotatable bonds is 3. The molecule has 1 saturated heterocycles. The van der Waals surface area contributed by atoms with Crippen LogP contribution in [-0.2, 0) is 0 Å². The molecule has 0 aromatic rings. The van der Waals surface area contributed by atoms with Crippen molar-refractivity contribution in [3.63, 3.8) is 0 Å². The maximum absolute atomic E-state index is 5.98. The van der Waals surface area contributed by atoms with E-state index >= 15 is 0 Å². The molecule has 13 heavy (non-hydrogen) atoms. The molecule has 0 spiro atoms. The van der Waals surface area contributed by atoms with Crippen molar-refractivity contribution in [2.45, 2.75) is 26.7 Å². The van der Waals surface area contributed by atoms with Gasteiger partial charge in [0.2, 0.25) is 0 Å². The Morgan fingerprint density at radius 2 is 1.85 bits per heavy atom. The molecule has 0 unspecified atom stereocenters. The first-order valence-corrected chi connectivity index (χ1v) is 5.22. The van der Waals surface area contributed by atoms with E-state index in [0.717, 1.165) is 44.7 Å². The summed E-state index contributed by atoms with van der Waals surface area (Å²) in [5.74, 6) is 0. The van der Waals surface area contributed by atoms with Gasteiger partial charge in [0.15, 0.2) is 0 Å². The molecule has 1 heterocycles. The fourth-order valence-electron chi connectivity index (χ4n) is 1.79. The third-order valence-corrected chi connectivity index (χ3v) is 2.59. The van der Waals surface area contributed by atoms with Crippen LogP contribution < -0.4 is 11.1 Å². The summed E-state index contributed by atoms with van der Waals surface area (Å²) in [5.41, 5.74) is 8.39. The molecule has 76 valence electrons. The zero-order valence-corrected chi connectivity index (χ0v) is 8.77. The third kappa shape index (κ3) is 2.62. The zero-order valence-electron chi connectivity index (χ0n) is 8.77. The van der Waals surface area contributed by atoms with Gasteiger partial charge in [-0.2, -0.15) is 0 Å². The maximum Gasteiger partial charge on any atom is 0.0321 e. The lowest BCUT2D eigenvalue weighted by Crippen LogP contribution is -2.43. The monoisotopic (exact) mass is 183 g/mol. The normalized spacial score (nSPS) is 20.0. The number of nitrogens with zero attached hydrogens (tertiary/aromatic N) is 1. The minimum atomic E-state index is 0.965. The van der Waals surface area contributed by atoms with Gasteiger partial charge < -0.3 is 16.0 Å². The van der Waals surface area contributed by atoms with Crippen molar-refractivity contribution in [2.24, 2.45) is 5.73 Å². The first-order chi connectivity index (χ1) is 6.29. The van der Waals surface area contributed by atoms with Crippen molar-refractivity contribution in [1.29, 1.82) is 0 Å². The maximum atomic E-state index is 5.98. The average Bonchev–Trinajstić information content (AvgIpc) is 2.20. The summed E-state index contributed by atoms with van der Waals surface area (Å²) in [6.07, 6.45) is 2.02. The van der Waals surface area contributed by atoms with Crippen LogP contribution in [0.2, 0.25) is 0 Å². The summed E-state index contributed by atoms with van der Waals surface area (Å²) in [5, 5.41) is 3.35. The number of nitrogens with one attached hydrogen (secondary N) is 1. The topological polar surface area (TPSA) is 41.3 Å². The average molecular weight is 183 g/mol. The molecule has 0 atom stereocenters. The second-order valence-electron chi connectivity index (χ2n) is 3.42. The van der Waals surface area contributed by atoms with Crippen LogP contribution in [0.5, 0.6) is 0 Å². The van der Waals surface area contributed by atoms with Gasteiger partial charge >= 0.3 is 0 Å². The van der Waals surface area contributed by atoms with E-state index in [0.29, 0.717) is 0 Å². The largest absolute Gasteiger partial charge is 0.401 e. The van der Waals surface area contributed by atoms with E-state index in [2.05, 4.69) is 24.1 Å². The van der Waals surface area contributed by atoms with Crippen molar-refractivity contribution >= 4 is 0 Å². The quantitative estimate of drug-likeness (QED) is 0.682. The molecule has 3 nitrogen and oxygen atoms in total. The molecule has 1 rings (SSSR count). The van der Waals surface area contributed by atoms with Crippen molar-refractivity contribution in [3.8, 4) is 0 Å². The summed E-state index contributed by atoms with van der Waals surface area (Å²) in [4.78, 5) is 2.41. The minimum Gasteiger partial charge on any atom is -0.401 e. The Morgan fingerprint density at radius 3 is 2.31 bits per heavy atom. The summed E-state index contributed by atoms with van der Waals surface area (Å²) >= 11 is 0. The Hall–Kier alpha value is -0.700. The molecule has 0 saturated carbocycles. The molecule has 1 aliphatic rings. The first-order valence-electron chi connectivity index (χ1n) is 5.22. The summed E-state index contributed by atoms with van der Waals surface area (Å²) in [6, 6.07) is 0. The van der Waals surface area contributed by atoms with Gasteiger partial charge in [-0.1, -0.05) is 13.8 Å². The van der Waals surface area contributed by atoms with E-state index < -0.39 is 0 Å². The lowest BCUT2D eigenvalue weighted by atomic mass is 10.2. The Balaban J connectivity index is 2.64. The second-order valence-corrected chi connectivity index (χ2v) is 3.42. The molecule has 0 aromatic heterocycles. The van der Waals surface area contributed by atoms with Gasteiger partial charge in [-0.15, -0.1) is 0 Å². The lowest BCUT2D eigenvalue weighted by molar-refractivity contribution is 0.288. The van der Waals surface area contributed by atoms with Crippen LogP contribution in [0.15, 0.2) is 11.4 Å². The van der Waals surface area contributed by atoms with E-state index in [-0.39, 0.29) is 0 Å². The second kappa shape index (κ2) is 5.12. The Morgan fingerprint density at radius 1 is 1.23 bits per heavy atom. The van der Waals surface area contributed by atoms with E-state index in [9.17, 15) is 0 Å². The van der Waals surface area contributed by atoms with Gasteiger partial charge in [0.25, 0.3) is 0 Å². The molecule has 0 bridgehead atoms. The zero-order chi connectivity index (χ0) is 9.68. The Kier molecular flexibility index (Phi) is 4.09. The number of hydrogen-bond acceptors (Lipinski definition) is 3. The molecule has 0 aliphatic carbocycles. The molecule has 3 heteroatoms. The molecule has 0 radical (unpaired) electrons. The first kappa shape index (κ1) is 10.4. The molecular weight excluding hydrogens is 162 g/mol. The van der Waals surface area contributed by atoms with Crippen molar-refractivity contribution < 1.29 is 0 Å². The summed E-state index contributed by atoms with van der Waals surface area (Å²) in [7, 11) is 0. The van der Waals surface area contributed by atoms with Crippen molar-refractivity contribution in [2.75, 3.05) is 26.2 Å². The van der Waals surface area contributed by atoms with E-state index in [4.69, 9.17) is 5.73 Å². The fraction of sp³-hybridized carbons (Fsp3) is 0.800. The highest BCUT2D eigenvalue weighted by Crippen LogP contribution is 2.13. The lowest BCUT2D eigenvalue weighted by Gasteiger charge is -2.32. The highest BCUT2D eigenvalue weighted by atomic mass is 15.2. The predicted octanol–water partition coefficient (Wildman–Crippen LogP) is 0.882. The van der Waals surface area contributed by atoms with Crippen LogP contribution in [0.1, 0.15) is 26.7 Å². The number of hydrogen-bond donors (Lipinski definition) is 2. The van der Waals surface area contributed by atoms with Gasteiger partial charge in [0, 0.05) is 37.6 Å². The van der Waals surface area contributed by atoms with Gasteiger partial charge in [-0.05, 0) is 12.8 Å². The van der Waals surface area contributed by atoms with Crippen LogP contribution >= 0.6 is 0 Å².